The zero-order valence-corrected chi connectivity index (χ0v) is 15.8. The Morgan fingerprint density at radius 2 is 2.04 bits per heavy atom. The summed E-state index contributed by atoms with van der Waals surface area (Å²) in [5.74, 6) is 1.46. The molecular formula is C20H31N3O2. The number of amides is 2. The molecule has 0 radical (unpaired) electrons. The van der Waals surface area contributed by atoms with Crippen molar-refractivity contribution >= 4 is 11.7 Å². The summed E-state index contributed by atoms with van der Waals surface area (Å²) in [6.07, 6.45) is 3.92. The van der Waals surface area contributed by atoms with E-state index in [1.54, 1.807) is 0 Å². The summed E-state index contributed by atoms with van der Waals surface area (Å²) in [5, 5.41) is 3.06. The molecule has 1 aromatic rings. The third kappa shape index (κ3) is 4.88. The number of nitrogens with one attached hydrogen (secondary N) is 1. The molecule has 2 amide bonds. The SMILES string of the molecule is Cc1cc(OC(C)C)ccc1NC(=O)N1CC[C@H](CN2CCCC2)C1. The van der Waals surface area contributed by atoms with Crippen molar-refractivity contribution in [1.29, 1.82) is 0 Å². The van der Waals surface area contributed by atoms with Gasteiger partial charge in [0.2, 0.25) is 0 Å². The summed E-state index contributed by atoms with van der Waals surface area (Å²) < 4.78 is 5.70. The molecule has 0 saturated carbocycles. The molecule has 1 N–H and O–H groups in total. The number of nitrogens with zero attached hydrogens (tertiary/aromatic N) is 2. The Kier molecular flexibility index (Phi) is 5.84. The number of benzene rings is 1. The summed E-state index contributed by atoms with van der Waals surface area (Å²) in [6.45, 7) is 11.4. The number of likely N-dealkylation sites (tertiary alicyclic amines) is 2. The van der Waals surface area contributed by atoms with E-state index in [9.17, 15) is 4.79 Å². The van der Waals surface area contributed by atoms with Crippen molar-refractivity contribution in [3.63, 3.8) is 0 Å². The first kappa shape index (κ1) is 18.1. The molecule has 2 aliphatic rings. The van der Waals surface area contributed by atoms with Crippen LogP contribution in [0.5, 0.6) is 5.75 Å². The fraction of sp³-hybridized carbons (Fsp3) is 0.650. The van der Waals surface area contributed by atoms with E-state index in [4.69, 9.17) is 4.74 Å². The zero-order valence-electron chi connectivity index (χ0n) is 15.8. The third-order valence-electron chi connectivity index (χ3n) is 5.10. The molecule has 2 fully saturated rings. The Balaban J connectivity index is 1.52. The second kappa shape index (κ2) is 8.09. The van der Waals surface area contributed by atoms with Gasteiger partial charge in [0.1, 0.15) is 5.75 Å². The van der Waals surface area contributed by atoms with E-state index in [0.29, 0.717) is 5.92 Å². The summed E-state index contributed by atoms with van der Waals surface area (Å²) in [4.78, 5) is 17.1. The summed E-state index contributed by atoms with van der Waals surface area (Å²) in [6, 6.07) is 5.85. The molecule has 2 aliphatic heterocycles. The van der Waals surface area contributed by atoms with Crippen LogP contribution in [0.3, 0.4) is 0 Å². The number of ether oxygens (including phenoxy) is 1. The number of hydrogen-bond acceptors (Lipinski definition) is 3. The molecule has 0 unspecified atom stereocenters. The summed E-state index contributed by atoms with van der Waals surface area (Å²) in [5.41, 5.74) is 1.89. The van der Waals surface area contributed by atoms with E-state index in [2.05, 4.69) is 10.2 Å². The van der Waals surface area contributed by atoms with Crippen molar-refractivity contribution in [3.8, 4) is 5.75 Å². The van der Waals surface area contributed by atoms with Gasteiger partial charge in [-0.1, -0.05) is 0 Å². The van der Waals surface area contributed by atoms with E-state index in [-0.39, 0.29) is 12.1 Å². The second-order valence-corrected chi connectivity index (χ2v) is 7.68. The molecule has 5 nitrogen and oxygen atoms in total. The minimum Gasteiger partial charge on any atom is -0.491 e. The first-order valence-corrected chi connectivity index (χ1v) is 9.57. The smallest absolute Gasteiger partial charge is 0.321 e. The van der Waals surface area contributed by atoms with Crippen LogP contribution in [-0.2, 0) is 0 Å². The fourth-order valence-electron chi connectivity index (χ4n) is 3.81. The predicted molar refractivity (Wildman–Crippen MR) is 101 cm³/mol. The Morgan fingerprint density at radius 1 is 1.28 bits per heavy atom. The largest absolute Gasteiger partial charge is 0.491 e. The molecule has 2 saturated heterocycles. The van der Waals surface area contributed by atoms with E-state index in [0.717, 1.165) is 43.1 Å². The predicted octanol–water partition coefficient (Wildman–Crippen LogP) is 3.73. The normalized spacial score (nSPS) is 21.1. The van der Waals surface area contributed by atoms with Crippen LogP contribution >= 0.6 is 0 Å². The maximum atomic E-state index is 12.6. The van der Waals surface area contributed by atoms with E-state index >= 15 is 0 Å². The van der Waals surface area contributed by atoms with Gasteiger partial charge in [0, 0.05) is 25.3 Å². The van der Waals surface area contributed by atoms with Gasteiger partial charge in [-0.2, -0.15) is 0 Å². The number of rotatable bonds is 5. The van der Waals surface area contributed by atoms with Crippen molar-refractivity contribution < 1.29 is 9.53 Å². The molecule has 1 atom stereocenters. The molecule has 5 heteroatoms. The standard InChI is InChI=1S/C20H31N3O2/c1-15(2)25-18-6-7-19(16(3)12-18)21-20(24)23-11-8-17(14-23)13-22-9-4-5-10-22/h6-7,12,15,17H,4-5,8-11,13-14H2,1-3H3,(H,21,24)/t17-/m1/s1. The summed E-state index contributed by atoms with van der Waals surface area (Å²) >= 11 is 0. The lowest BCUT2D eigenvalue weighted by Crippen LogP contribution is -2.35. The van der Waals surface area contributed by atoms with Crippen LogP contribution in [0.1, 0.15) is 38.7 Å². The Hall–Kier alpha value is -1.75. The maximum absolute atomic E-state index is 12.6. The van der Waals surface area contributed by atoms with Gasteiger partial charge in [-0.3, -0.25) is 0 Å². The Labute approximate surface area is 151 Å². The van der Waals surface area contributed by atoms with Crippen LogP contribution in [0.15, 0.2) is 18.2 Å². The van der Waals surface area contributed by atoms with Crippen LogP contribution in [-0.4, -0.2) is 54.7 Å². The molecule has 0 bridgehead atoms. The summed E-state index contributed by atoms with van der Waals surface area (Å²) in [7, 11) is 0. The van der Waals surface area contributed by atoms with E-state index in [1.165, 1.54) is 25.9 Å². The second-order valence-electron chi connectivity index (χ2n) is 7.68. The van der Waals surface area contributed by atoms with Crippen LogP contribution in [0.2, 0.25) is 0 Å². The van der Waals surface area contributed by atoms with Gasteiger partial charge in [0.05, 0.1) is 6.10 Å². The molecule has 0 aliphatic carbocycles. The van der Waals surface area contributed by atoms with E-state index in [1.807, 2.05) is 43.9 Å². The fourth-order valence-corrected chi connectivity index (χ4v) is 3.81. The van der Waals surface area contributed by atoms with Gasteiger partial charge in [0.25, 0.3) is 0 Å². The van der Waals surface area contributed by atoms with Gasteiger partial charge in [-0.15, -0.1) is 0 Å². The monoisotopic (exact) mass is 345 g/mol. The lowest BCUT2D eigenvalue weighted by Gasteiger charge is -2.21. The van der Waals surface area contributed by atoms with Crippen LogP contribution in [0.25, 0.3) is 0 Å². The van der Waals surface area contributed by atoms with Gasteiger partial charge in [-0.05, 0) is 82.8 Å². The van der Waals surface area contributed by atoms with Crippen LogP contribution < -0.4 is 10.1 Å². The molecule has 1 aromatic carbocycles. The number of anilines is 1. The van der Waals surface area contributed by atoms with Gasteiger partial charge >= 0.3 is 6.03 Å². The average Bonchev–Trinajstić information content (AvgIpc) is 3.22. The van der Waals surface area contributed by atoms with Gasteiger partial charge in [0.15, 0.2) is 0 Å². The minimum atomic E-state index is 0.0181. The number of urea groups is 1. The highest BCUT2D eigenvalue weighted by Gasteiger charge is 2.28. The number of hydrogen-bond donors (Lipinski definition) is 1. The highest BCUT2D eigenvalue weighted by atomic mass is 16.5. The van der Waals surface area contributed by atoms with Crippen LogP contribution in [0.4, 0.5) is 10.5 Å². The van der Waals surface area contributed by atoms with Crippen molar-refractivity contribution in [1.82, 2.24) is 9.80 Å². The maximum Gasteiger partial charge on any atom is 0.321 e. The topological polar surface area (TPSA) is 44.8 Å². The molecule has 138 valence electrons. The van der Waals surface area contributed by atoms with Gasteiger partial charge in [-0.25, -0.2) is 4.79 Å². The highest BCUT2D eigenvalue weighted by molar-refractivity contribution is 5.90. The lowest BCUT2D eigenvalue weighted by molar-refractivity contribution is 0.217. The van der Waals surface area contributed by atoms with Crippen molar-refractivity contribution in [2.75, 3.05) is 38.0 Å². The highest BCUT2D eigenvalue weighted by Crippen LogP contribution is 2.24. The molecule has 3 rings (SSSR count). The van der Waals surface area contributed by atoms with E-state index < -0.39 is 0 Å². The average molecular weight is 345 g/mol. The molecule has 0 spiro atoms. The van der Waals surface area contributed by atoms with Crippen molar-refractivity contribution in [2.24, 2.45) is 5.92 Å². The molecule has 2 heterocycles. The first-order chi connectivity index (χ1) is 12.0. The third-order valence-corrected chi connectivity index (χ3v) is 5.10. The first-order valence-electron chi connectivity index (χ1n) is 9.57. The number of carbonyl (C=O) groups is 1. The number of carbonyl (C=O) groups excluding carboxylic acids is 1. The van der Waals surface area contributed by atoms with Crippen LogP contribution in [0, 0.1) is 12.8 Å². The Bertz CT molecular complexity index is 597. The number of aryl methyl sites for hydroxylation is 1. The zero-order chi connectivity index (χ0) is 17.8. The molecule has 25 heavy (non-hydrogen) atoms. The quantitative estimate of drug-likeness (QED) is 0.884. The van der Waals surface area contributed by atoms with Gasteiger partial charge < -0.3 is 19.9 Å². The molecular weight excluding hydrogens is 314 g/mol. The van der Waals surface area contributed by atoms with Crippen molar-refractivity contribution in [3.05, 3.63) is 23.8 Å². The minimum absolute atomic E-state index is 0.0181. The van der Waals surface area contributed by atoms with Crippen molar-refractivity contribution in [2.45, 2.75) is 46.1 Å². The molecule has 0 aromatic heterocycles. The lowest BCUT2D eigenvalue weighted by atomic mass is 10.1. The Morgan fingerprint density at radius 3 is 2.72 bits per heavy atom.